The molecule has 0 radical (unpaired) electrons. The van der Waals surface area contributed by atoms with Crippen LogP contribution in [0.25, 0.3) is 0 Å². The van der Waals surface area contributed by atoms with Gasteiger partial charge >= 0.3 is 0 Å². The molecule has 0 saturated carbocycles. The van der Waals surface area contributed by atoms with E-state index in [1.54, 1.807) is 12.1 Å². The molecule has 1 amide bonds. The molecule has 5 heteroatoms. The number of benzene rings is 2. The number of rotatable bonds is 2. The maximum absolute atomic E-state index is 13.0. The number of fused-ring (bicyclic) bond motifs is 3. The predicted molar refractivity (Wildman–Crippen MR) is 93.5 cm³/mol. The molecule has 2 aromatic rings. The molecule has 24 heavy (non-hydrogen) atoms. The van der Waals surface area contributed by atoms with Crippen LogP contribution in [0, 0.1) is 5.82 Å². The van der Waals surface area contributed by atoms with Gasteiger partial charge in [-0.05, 0) is 35.2 Å². The lowest BCUT2D eigenvalue weighted by Gasteiger charge is -2.44. The first-order valence-electron chi connectivity index (χ1n) is 8.05. The Morgan fingerprint density at radius 1 is 1.08 bits per heavy atom. The Morgan fingerprint density at radius 3 is 2.62 bits per heavy atom. The van der Waals surface area contributed by atoms with E-state index in [9.17, 15) is 9.18 Å². The molecule has 2 aliphatic rings. The van der Waals surface area contributed by atoms with Crippen molar-refractivity contribution in [2.75, 3.05) is 19.6 Å². The zero-order valence-electron chi connectivity index (χ0n) is 13.3. The number of halogens is 2. The quantitative estimate of drug-likeness (QED) is 0.833. The highest BCUT2D eigenvalue weighted by molar-refractivity contribution is 5.85. The van der Waals surface area contributed by atoms with E-state index in [2.05, 4.69) is 23.1 Å². The third kappa shape index (κ3) is 3.17. The fourth-order valence-electron chi connectivity index (χ4n) is 3.71. The molecule has 0 spiro atoms. The van der Waals surface area contributed by atoms with Crippen molar-refractivity contribution in [3.63, 3.8) is 0 Å². The lowest BCUT2D eigenvalue weighted by molar-refractivity contribution is -0.140. The van der Waals surface area contributed by atoms with E-state index in [4.69, 9.17) is 0 Å². The summed E-state index contributed by atoms with van der Waals surface area (Å²) in [7, 11) is 0. The maximum atomic E-state index is 13.0. The zero-order valence-corrected chi connectivity index (χ0v) is 14.1. The molecule has 0 N–H and O–H groups in total. The second-order valence-corrected chi connectivity index (χ2v) is 6.35. The third-order valence-corrected chi connectivity index (χ3v) is 4.84. The smallest absolute Gasteiger partial charge is 0.237 e. The van der Waals surface area contributed by atoms with Crippen LogP contribution < -0.4 is 0 Å². The highest BCUT2D eigenvalue weighted by atomic mass is 35.5. The summed E-state index contributed by atoms with van der Waals surface area (Å²) < 4.78 is 13.0. The Kier molecular flexibility index (Phi) is 4.88. The minimum Gasteiger partial charge on any atom is -0.333 e. The molecule has 1 atom stereocenters. The van der Waals surface area contributed by atoms with Crippen molar-refractivity contribution >= 4 is 18.3 Å². The van der Waals surface area contributed by atoms with Crippen LogP contribution in [0.15, 0.2) is 48.5 Å². The minimum absolute atomic E-state index is 0. The molecule has 126 valence electrons. The second kappa shape index (κ2) is 6.91. The van der Waals surface area contributed by atoms with Crippen LogP contribution in [-0.2, 0) is 17.8 Å². The second-order valence-electron chi connectivity index (χ2n) is 6.35. The molecule has 1 unspecified atom stereocenters. The van der Waals surface area contributed by atoms with Gasteiger partial charge in [-0.3, -0.25) is 9.69 Å². The lowest BCUT2D eigenvalue weighted by Crippen LogP contribution is -2.53. The third-order valence-electron chi connectivity index (χ3n) is 4.84. The van der Waals surface area contributed by atoms with Crippen LogP contribution in [0.2, 0.25) is 0 Å². The number of hydrogen-bond acceptors (Lipinski definition) is 2. The molecule has 0 bridgehead atoms. The van der Waals surface area contributed by atoms with Crippen molar-refractivity contribution in [3.05, 3.63) is 71.0 Å². The van der Waals surface area contributed by atoms with Gasteiger partial charge in [-0.25, -0.2) is 4.39 Å². The minimum atomic E-state index is -0.226. The van der Waals surface area contributed by atoms with Crippen molar-refractivity contribution in [3.8, 4) is 0 Å². The Balaban J connectivity index is 0.00000169. The first-order valence-corrected chi connectivity index (χ1v) is 8.05. The number of piperazine rings is 1. The van der Waals surface area contributed by atoms with Crippen LogP contribution in [0.1, 0.15) is 22.7 Å². The Labute approximate surface area is 147 Å². The summed E-state index contributed by atoms with van der Waals surface area (Å²) in [6.07, 6.45) is 0.941. The van der Waals surface area contributed by atoms with Crippen LogP contribution in [0.5, 0.6) is 0 Å². The summed E-state index contributed by atoms with van der Waals surface area (Å²) >= 11 is 0. The van der Waals surface area contributed by atoms with Gasteiger partial charge in [0.2, 0.25) is 5.91 Å². The fraction of sp³-hybridized carbons (Fsp3) is 0.316. The Morgan fingerprint density at radius 2 is 1.83 bits per heavy atom. The molecule has 2 aromatic carbocycles. The van der Waals surface area contributed by atoms with Crippen molar-refractivity contribution in [2.45, 2.75) is 19.0 Å². The number of carbonyl (C=O) groups is 1. The predicted octanol–water partition coefficient (Wildman–Crippen LogP) is 3.19. The molecule has 2 aliphatic heterocycles. The highest BCUT2D eigenvalue weighted by Gasteiger charge is 2.36. The molecular formula is C19H20ClFN2O. The van der Waals surface area contributed by atoms with E-state index in [1.165, 1.54) is 23.3 Å². The lowest BCUT2D eigenvalue weighted by atomic mass is 9.90. The Bertz CT molecular complexity index is 734. The number of hydrogen-bond donors (Lipinski definition) is 0. The van der Waals surface area contributed by atoms with Gasteiger partial charge in [0.25, 0.3) is 0 Å². The van der Waals surface area contributed by atoms with Gasteiger partial charge in [0.15, 0.2) is 0 Å². The van der Waals surface area contributed by atoms with Gasteiger partial charge in [-0.1, -0.05) is 36.4 Å². The monoisotopic (exact) mass is 346 g/mol. The van der Waals surface area contributed by atoms with Crippen LogP contribution in [0.3, 0.4) is 0 Å². The standard InChI is InChI=1S/C19H19FN2O.ClH/c20-16-7-5-14(6-8-16)11-21-12-18-17-4-2-1-3-15(17)9-10-22(18)19(23)13-21;/h1-8,18H,9-13H2;1H. The van der Waals surface area contributed by atoms with Crippen LogP contribution >= 0.6 is 12.4 Å². The maximum Gasteiger partial charge on any atom is 0.237 e. The van der Waals surface area contributed by atoms with E-state index in [-0.39, 0.29) is 30.2 Å². The molecule has 1 fully saturated rings. The molecule has 0 aliphatic carbocycles. The first kappa shape index (κ1) is 16.9. The van der Waals surface area contributed by atoms with Gasteiger partial charge in [0.05, 0.1) is 12.6 Å². The molecule has 4 rings (SSSR count). The molecule has 0 aromatic heterocycles. The van der Waals surface area contributed by atoms with Crippen molar-refractivity contribution in [2.24, 2.45) is 0 Å². The summed E-state index contributed by atoms with van der Waals surface area (Å²) in [5.74, 6) is -0.0336. The summed E-state index contributed by atoms with van der Waals surface area (Å²) in [5, 5.41) is 0. The van der Waals surface area contributed by atoms with E-state index in [0.717, 1.165) is 25.1 Å². The van der Waals surface area contributed by atoms with Gasteiger partial charge < -0.3 is 4.90 Å². The largest absolute Gasteiger partial charge is 0.333 e. The molecular weight excluding hydrogens is 327 g/mol. The van der Waals surface area contributed by atoms with E-state index >= 15 is 0 Å². The van der Waals surface area contributed by atoms with Crippen LogP contribution in [0.4, 0.5) is 4.39 Å². The van der Waals surface area contributed by atoms with E-state index < -0.39 is 0 Å². The summed E-state index contributed by atoms with van der Waals surface area (Å²) in [6, 6.07) is 15.1. The van der Waals surface area contributed by atoms with E-state index in [0.29, 0.717) is 13.1 Å². The number of carbonyl (C=O) groups excluding carboxylic acids is 1. The topological polar surface area (TPSA) is 23.6 Å². The van der Waals surface area contributed by atoms with Crippen molar-refractivity contribution in [1.29, 1.82) is 0 Å². The number of amides is 1. The van der Waals surface area contributed by atoms with Gasteiger partial charge in [0, 0.05) is 19.6 Å². The number of nitrogens with zero attached hydrogens (tertiary/aromatic N) is 2. The first-order chi connectivity index (χ1) is 11.2. The van der Waals surface area contributed by atoms with Crippen LogP contribution in [-0.4, -0.2) is 35.3 Å². The SMILES string of the molecule is Cl.O=C1CN(Cc2ccc(F)cc2)CC2c3ccccc3CCN12. The Hall–Kier alpha value is -1.91. The fourth-order valence-corrected chi connectivity index (χ4v) is 3.71. The average molecular weight is 347 g/mol. The van der Waals surface area contributed by atoms with Crippen molar-refractivity contribution in [1.82, 2.24) is 9.80 Å². The van der Waals surface area contributed by atoms with Gasteiger partial charge in [-0.15, -0.1) is 12.4 Å². The normalized spacial score (nSPS) is 20.1. The molecule has 1 saturated heterocycles. The van der Waals surface area contributed by atoms with Gasteiger partial charge in [-0.2, -0.15) is 0 Å². The molecule has 3 nitrogen and oxygen atoms in total. The summed E-state index contributed by atoms with van der Waals surface area (Å²) in [6.45, 7) is 2.76. The summed E-state index contributed by atoms with van der Waals surface area (Å²) in [4.78, 5) is 16.7. The summed E-state index contributed by atoms with van der Waals surface area (Å²) in [5.41, 5.74) is 3.66. The van der Waals surface area contributed by atoms with E-state index in [1.807, 2.05) is 11.0 Å². The van der Waals surface area contributed by atoms with Crippen molar-refractivity contribution < 1.29 is 9.18 Å². The molecule has 2 heterocycles. The van der Waals surface area contributed by atoms with Gasteiger partial charge in [0.1, 0.15) is 5.82 Å². The zero-order chi connectivity index (χ0) is 15.8. The highest BCUT2D eigenvalue weighted by Crippen LogP contribution is 2.33. The average Bonchev–Trinajstić information content (AvgIpc) is 2.57.